The summed E-state index contributed by atoms with van der Waals surface area (Å²) in [6.07, 6.45) is 7.55. The summed E-state index contributed by atoms with van der Waals surface area (Å²) in [5, 5.41) is 3.04. The predicted octanol–water partition coefficient (Wildman–Crippen LogP) is 5.77. The molecule has 1 N–H and O–H groups in total. The number of carbonyl (C=O) groups is 1. The maximum atomic E-state index is 12.7. The number of fused-ring (bicyclic) bond motifs is 1. The zero-order chi connectivity index (χ0) is 21.6. The molecule has 0 atom stereocenters. The number of amides is 1. The molecule has 0 spiro atoms. The first kappa shape index (κ1) is 21.6. The standard InChI is InChI=1S/C26H34N4O/c1-3-4-16-30-24-13-12-22(27-26(31)21-11-9-10-20(2)17-21)18-23(24)28-25(30)19-29-14-7-5-6-8-15-29/h9-13,17-18H,3-8,14-16,19H2,1-2H3,(H,27,31). The fourth-order valence-corrected chi connectivity index (χ4v) is 4.43. The molecular weight excluding hydrogens is 384 g/mol. The molecule has 2 heterocycles. The first-order valence-corrected chi connectivity index (χ1v) is 11.7. The Morgan fingerprint density at radius 1 is 1.06 bits per heavy atom. The molecule has 1 amide bonds. The van der Waals surface area contributed by atoms with Gasteiger partial charge >= 0.3 is 0 Å². The number of unbranched alkanes of at least 4 members (excludes halogenated alkanes) is 1. The van der Waals surface area contributed by atoms with Crippen molar-refractivity contribution in [1.82, 2.24) is 14.5 Å². The van der Waals surface area contributed by atoms with Gasteiger partial charge in [0.15, 0.2) is 0 Å². The van der Waals surface area contributed by atoms with Crippen molar-refractivity contribution in [1.29, 1.82) is 0 Å². The molecule has 5 nitrogen and oxygen atoms in total. The number of aromatic nitrogens is 2. The second-order valence-electron chi connectivity index (χ2n) is 8.75. The van der Waals surface area contributed by atoms with Crippen LogP contribution in [0.1, 0.15) is 67.2 Å². The molecule has 0 radical (unpaired) electrons. The van der Waals surface area contributed by atoms with Gasteiger partial charge in [0.2, 0.25) is 0 Å². The Hall–Kier alpha value is -2.66. The fraction of sp³-hybridized carbons (Fsp3) is 0.462. The van der Waals surface area contributed by atoms with Crippen molar-refractivity contribution in [3.8, 4) is 0 Å². The van der Waals surface area contributed by atoms with E-state index >= 15 is 0 Å². The van der Waals surface area contributed by atoms with Gasteiger partial charge in [0.25, 0.3) is 5.91 Å². The number of aryl methyl sites for hydroxylation is 2. The van der Waals surface area contributed by atoms with Crippen LogP contribution in [0.5, 0.6) is 0 Å². The molecule has 0 aliphatic carbocycles. The summed E-state index contributed by atoms with van der Waals surface area (Å²) in [5.41, 5.74) is 4.67. The molecule has 31 heavy (non-hydrogen) atoms. The molecular formula is C26H34N4O. The quantitative estimate of drug-likeness (QED) is 0.530. The van der Waals surface area contributed by atoms with E-state index in [0.717, 1.165) is 67.1 Å². The van der Waals surface area contributed by atoms with Gasteiger partial charge in [-0.1, -0.05) is 43.9 Å². The van der Waals surface area contributed by atoms with Gasteiger partial charge in [-0.3, -0.25) is 9.69 Å². The number of rotatable bonds is 7. The molecule has 2 aromatic carbocycles. The number of hydrogen-bond donors (Lipinski definition) is 1. The third-order valence-electron chi connectivity index (χ3n) is 6.16. The Bertz CT molecular complexity index is 1030. The number of carbonyl (C=O) groups excluding carboxylic acids is 1. The molecule has 1 aromatic heterocycles. The number of anilines is 1. The first-order chi connectivity index (χ1) is 15.1. The molecule has 4 rings (SSSR count). The topological polar surface area (TPSA) is 50.2 Å². The molecule has 1 saturated heterocycles. The van der Waals surface area contributed by atoms with E-state index in [4.69, 9.17) is 4.98 Å². The van der Waals surface area contributed by atoms with Crippen LogP contribution >= 0.6 is 0 Å². The lowest BCUT2D eigenvalue weighted by atomic mass is 10.1. The third kappa shape index (κ3) is 5.34. The van der Waals surface area contributed by atoms with E-state index in [0.29, 0.717) is 5.56 Å². The minimum absolute atomic E-state index is 0.0849. The van der Waals surface area contributed by atoms with Crippen LogP contribution in [0.25, 0.3) is 11.0 Å². The van der Waals surface area contributed by atoms with E-state index in [1.54, 1.807) is 0 Å². The van der Waals surface area contributed by atoms with Gasteiger partial charge in [-0.05, 0) is 69.6 Å². The normalized spacial score (nSPS) is 15.2. The van der Waals surface area contributed by atoms with Crippen LogP contribution in [-0.4, -0.2) is 33.4 Å². The molecule has 5 heteroatoms. The van der Waals surface area contributed by atoms with Crippen molar-refractivity contribution in [2.24, 2.45) is 0 Å². The molecule has 0 unspecified atom stereocenters. The Kier molecular flexibility index (Phi) is 7.03. The van der Waals surface area contributed by atoms with Gasteiger partial charge < -0.3 is 9.88 Å². The van der Waals surface area contributed by atoms with Crippen molar-refractivity contribution < 1.29 is 4.79 Å². The number of nitrogens with one attached hydrogen (secondary N) is 1. The Labute approximate surface area is 185 Å². The van der Waals surface area contributed by atoms with Crippen LogP contribution in [0, 0.1) is 6.92 Å². The van der Waals surface area contributed by atoms with Gasteiger partial charge in [0, 0.05) is 17.8 Å². The highest BCUT2D eigenvalue weighted by atomic mass is 16.1. The van der Waals surface area contributed by atoms with E-state index in [1.807, 2.05) is 43.3 Å². The van der Waals surface area contributed by atoms with Crippen molar-refractivity contribution >= 4 is 22.6 Å². The lowest BCUT2D eigenvalue weighted by molar-refractivity contribution is 0.102. The smallest absolute Gasteiger partial charge is 0.255 e. The van der Waals surface area contributed by atoms with Crippen LogP contribution in [0.3, 0.4) is 0 Å². The monoisotopic (exact) mass is 418 g/mol. The summed E-state index contributed by atoms with van der Waals surface area (Å²) in [5.74, 6) is 1.06. The van der Waals surface area contributed by atoms with E-state index in [-0.39, 0.29) is 5.91 Å². The Balaban J connectivity index is 1.58. The highest BCUT2D eigenvalue weighted by Gasteiger charge is 2.16. The van der Waals surface area contributed by atoms with Crippen LogP contribution in [-0.2, 0) is 13.1 Å². The number of nitrogens with zero attached hydrogens (tertiary/aromatic N) is 3. The molecule has 0 saturated carbocycles. The van der Waals surface area contributed by atoms with Crippen LogP contribution in [0.15, 0.2) is 42.5 Å². The lowest BCUT2D eigenvalue weighted by Gasteiger charge is -2.20. The van der Waals surface area contributed by atoms with Gasteiger partial charge in [0.1, 0.15) is 5.82 Å². The van der Waals surface area contributed by atoms with Crippen LogP contribution in [0.4, 0.5) is 5.69 Å². The largest absolute Gasteiger partial charge is 0.327 e. The average molecular weight is 419 g/mol. The molecule has 3 aromatic rings. The van der Waals surface area contributed by atoms with Crippen molar-refractivity contribution in [3.63, 3.8) is 0 Å². The maximum absolute atomic E-state index is 12.7. The molecule has 1 aliphatic heterocycles. The summed E-state index contributed by atoms with van der Waals surface area (Å²) in [6, 6.07) is 13.8. The molecule has 164 valence electrons. The van der Waals surface area contributed by atoms with Crippen molar-refractivity contribution in [2.45, 2.75) is 65.5 Å². The van der Waals surface area contributed by atoms with E-state index in [9.17, 15) is 4.79 Å². The Morgan fingerprint density at radius 3 is 2.61 bits per heavy atom. The van der Waals surface area contributed by atoms with Crippen LogP contribution < -0.4 is 5.32 Å². The summed E-state index contributed by atoms with van der Waals surface area (Å²) in [7, 11) is 0. The molecule has 1 fully saturated rings. The number of hydrogen-bond acceptors (Lipinski definition) is 3. The van der Waals surface area contributed by atoms with E-state index in [2.05, 4.69) is 27.8 Å². The van der Waals surface area contributed by atoms with Gasteiger partial charge in [0.05, 0.1) is 17.6 Å². The molecule has 1 aliphatic rings. The second kappa shape index (κ2) is 10.1. The van der Waals surface area contributed by atoms with Gasteiger partial charge in [-0.2, -0.15) is 0 Å². The second-order valence-corrected chi connectivity index (χ2v) is 8.75. The zero-order valence-corrected chi connectivity index (χ0v) is 18.9. The zero-order valence-electron chi connectivity index (χ0n) is 18.9. The van der Waals surface area contributed by atoms with Crippen molar-refractivity contribution in [3.05, 3.63) is 59.4 Å². The first-order valence-electron chi connectivity index (χ1n) is 11.7. The predicted molar refractivity (Wildman–Crippen MR) is 128 cm³/mol. The highest BCUT2D eigenvalue weighted by Crippen LogP contribution is 2.23. The van der Waals surface area contributed by atoms with Gasteiger partial charge in [-0.15, -0.1) is 0 Å². The van der Waals surface area contributed by atoms with Gasteiger partial charge in [-0.25, -0.2) is 4.98 Å². The SMILES string of the molecule is CCCCn1c(CN2CCCCCC2)nc2cc(NC(=O)c3cccc(C)c3)ccc21. The Morgan fingerprint density at radius 2 is 1.87 bits per heavy atom. The van der Waals surface area contributed by atoms with Crippen molar-refractivity contribution in [2.75, 3.05) is 18.4 Å². The fourth-order valence-electron chi connectivity index (χ4n) is 4.43. The number of imidazole rings is 1. The average Bonchev–Trinajstić information content (AvgIpc) is 2.91. The summed E-state index contributed by atoms with van der Waals surface area (Å²) in [6.45, 7) is 8.45. The summed E-state index contributed by atoms with van der Waals surface area (Å²) >= 11 is 0. The maximum Gasteiger partial charge on any atom is 0.255 e. The lowest BCUT2D eigenvalue weighted by Crippen LogP contribution is -2.26. The minimum Gasteiger partial charge on any atom is -0.327 e. The third-order valence-corrected chi connectivity index (χ3v) is 6.16. The number of benzene rings is 2. The summed E-state index contributed by atoms with van der Waals surface area (Å²) < 4.78 is 2.38. The van der Waals surface area contributed by atoms with E-state index in [1.165, 1.54) is 25.7 Å². The van der Waals surface area contributed by atoms with E-state index < -0.39 is 0 Å². The number of likely N-dealkylation sites (tertiary alicyclic amines) is 1. The summed E-state index contributed by atoms with van der Waals surface area (Å²) in [4.78, 5) is 20.2. The molecule has 0 bridgehead atoms. The van der Waals surface area contributed by atoms with Crippen LogP contribution in [0.2, 0.25) is 0 Å². The highest BCUT2D eigenvalue weighted by molar-refractivity contribution is 6.05. The minimum atomic E-state index is -0.0849.